The highest BCUT2D eigenvalue weighted by Crippen LogP contribution is 2.25. The number of nitrogens with one attached hydrogen (secondary N) is 1. The molecule has 0 atom stereocenters. The molecule has 0 amide bonds. The minimum absolute atomic E-state index is 0.260. The lowest BCUT2D eigenvalue weighted by molar-refractivity contribution is -0.274. The minimum atomic E-state index is -4.69. The number of alkyl halides is 3. The van der Waals surface area contributed by atoms with Crippen LogP contribution in [0.2, 0.25) is 0 Å². The van der Waals surface area contributed by atoms with E-state index in [9.17, 15) is 13.2 Å². The van der Waals surface area contributed by atoms with Gasteiger partial charge >= 0.3 is 6.36 Å². The lowest BCUT2D eigenvalue weighted by Crippen LogP contribution is -2.34. The number of ether oxygens (including phenoxy) is 1. The van der Waals surface area contributed by atoms with Gasteiger partial charge in [-0.15, -0.1) is 13.2 Å². The summed E-state index contributed by atoms with van der Waals surface area (Å²) >= 11 is 0. The van der Waals surface area contributed by atoms with E-state index < -0.39 is 6.36 Å². The first-order valence-electron chi connectivity index (χ1n) is 7.41. The quantitative estimate of drug-likeness (QED) is 0.912. The molecular formula is C16H16F3N3O. The first kappa shape index (κ1) is 15.7. The SMILES string of the molecule is FC(F)(F)Oc1ccc(-c2nccc(CNC3CCC3)n2)cc1. The van der Waals surface area contributed by atoms with E-state index in [-0.39, 0.29) is 5.75 Å². The zero-order chi connectivity index (χ0) is 16.3. The number of rotatable bonds is 5. The van der Waals surface area contributed by atoms with Gasteiger partial charge in [0.15, 0.2) is 5.82 Å². The number of nitrogens with zero attached hydrogens (tertiary/aromatic N) is 2. The summed E-state index contributed by atoms with van der Waals surface area (Å²) in [5.41, 5.74) is 1.50. The Hall–Kier alpha value is -2.15. The van der Waals surface area contributed by atoms with Crippen LogP contribution in [0, 0.1) is 0 Å². The Morgan fingerprint density at radius 2 is 1.87 bits per heavy atom. The van der Waals surface area contributed by atoms with Crippen LogP contribution in [-0.2, 0) is 6.54 Å². The van der Waals surface area contributed by atoms with Crippen LogP contribution in [0.25, 0.3) is 11.4 Å². The van der Waals surface area contributed by atoms with Crippen LogP contribution < -0.4 is 10.1 Å². The Labute approximate surface area is 131 Å². The van der Waals surface area contributed by atoms with Gasteiger partial charge in [0.05, 0.1) is 5.69 Å². The molecule has 1 saturated carbocycles. The fourth-order valence-electron chi connectivity index (χ4n) is 2.30. The average Bonchev–Trinajstić information content (AvgIpc) is 2.45. The van der Waals surface area contributed by atoms with Crippen molar-refractivity contribution in [2.75, 3.05) is 0 Å². The monoisotopic (exact) mass is 323 g/mol. The zero-order valence-electron chi connectivity index (χ0n) is 12.3. The molecule has 7 heteroatoms. The number of halogens is 3. The van der Waals surface area contributed by atoms with Crippen LogP contribution >= 0.6 is 0 Å². The Balaban J connectivity index is 1.68. The molecule has 3 rings (SSSR count). The number of hydrogen-bond acceptors (Lipinski definition) is 4. The van der Waals surface area contributed by atoms with E-state index in [1.165, 1.54) is 43.5 Å². The van der Waals surface area contributed by atoms with E-state index >= 15 is 0 Å². The Bertz CT molecular complexity index is 654. The van der Waals surface area contributed by atoms with Crippen molar-refractivity contribution in [2.24, 2.45) is 0 Å². The second-order valence-corrected chi connectivity index (χ2v) is 5.45. The first-order valence-corrected chi connectivity index (χ1v) is 7.41. The number of benzene rings is 1. The second-order valence-electron chi connectivity index (χ2n) is 5.45. The molecule has 1 aromatic heterocycles. The second kappa shape index (κ2) is 6.54. The summed E-state index contributed by atoms with van der Waals surface area (Å²) < 4.78 is 40.3. The van der Waals surface area contributed by atoms with Crippen molar-refractivity contribution in [3.05, 3.63) is 42.2 Å². The molecule has 0 bridgehead atoms. The molecular weight excluding hydrogens is 307 g/mol. The third-order valence-corrected chi connectivity index (χ3v) is 3.74. The van der Waals surface area contributed by atoms with E-state index in [4.69, 9.17) is 0 Å². The van der Waals surface area contributed by atoms with Gasteiger partial charge in [0.2, 0.25) is 0 Å². The van der Waals surface area contributed by atoms with Gasteiger partial charge in [-0.05, 0) is 43.2 Å². The van der Waals surface area contributed by atoms with Crippen molar-refractivity contribution in [1.82, 2.24) is 15.3 Å². The van der Waals surface area contributed by atoms with Crippen LogP contribution in [0.1, 0.15) is 25.0 Å². The van der Waals surface area contributed by atoms with Crippen LogP contribution in [0.15, 0.2) is 36.5 Å². The fraction of sp³-hybridized carbons (Fsp3) is 0.375. The molecule has 1 fully saturated rings. The highest BCUT2D eigenvalue weighted by atomic mass is 19.4. The largest absolute Gasteiger partial charge is 0.573 e. The maximum Gasteiger partial charge on any atom is 0.573 e. The fourth-order valence-corrected chi connectivity index (χ4v) is 2.30. The van der Waals surface area contributed by atoms with E-state index in [2.05, 4.69) is 20.0 Å². The summed E-state index contributed by atoms with van der Waals surface area (Å²) in [5, 5.41) is 3.41. The van der Waals surface area contributed by atoms with Gasteiger partial charge in [0.25, 0.3) is 0 Å². The smallest absolute Gasteiger partial charge is 0.406 e. The molecule has 23 heavy (non-hydrogen) atoms. The first-order chi connectivity index (χ1) is 11.0. The van der Waals surface area contributed by atoms with Crippen LogP contribution in [0.4, 0.5) is 13.2 Å². The molecule has 1 N–H and O–H groups in total. The number of aromatic nitrogens is 2. The standard InChI is InChI=1S/C16H16F3N3O/c17-16(18,19)23-14-6-4-11(5-7-14)15-20-9-8-13(22-15)10-21-12-2-1-3-12/h4-9,12,21H,1-3,10H2. The van der Waals surface area contributed by atoms with Gasteiger partial charge in [0, 0.05) is 24.3 Å². The summed E-state index contributed by atoms with van der Waals surface area (Å²) in [6.07, 6.45) is 0.613. The molecule has 0 spiro atoms. The average molecular weight is 323 g/mol. The molecule has 1 heterocycles. The molecule has 0 radical (unpaired) electrons. The molecule has 4 nitrogen and oxygen atoms in total. The Morgan fingerprint density at radius 3 is 2.48 bits per heavy atom. The van der Waals surface area contributed by atoms with E-state index in [1.54, 1.807) is 6.20 Å². The van der Waals surface area contributed by atoms with Crippen molar-refractivity contribution in [3.8, 4) is 17.1 Å². The van der Waals surface area contributed by atoms with Crippen molar-refractivity contribution >= 4 is 0 Å². The molecule has 122 valence electrons. The van der Waals surface area contributed by atoms with Crippen LogP contribution in [-0.4, -0.2) is 22.4 Å². The summed E-state index contributed by atoms with van der Waals surface area (Å²) in [6, 6.07) is 7.93. The highest BCUT2D eigenvalue weighted by molar-refractivity contribution is 5.56. The number of hydrogen-bond donors (Lipinski definition) is 1. The minimum Gasteiger partial charge on any atom is -0.406 e. The third-order valence-electron chi connectivity index (χ3n) is 3.74. The lowest BCUT2D eigenvalue weighted by atomic mass is 9.93. The van der Waals surface area contributed by atoms with Gasteiger partial charge in [-0.3, -0.25) is 0 Å². The lowest BCUT2D eigenvalue weighted by Gasteiger charge is -2.26. The Kier molecular flexibility index (Phi) is 4.47. The molecule has 0 unspecified atom stereocenters. The summed E-state index contributed by atoms with van der Waals surface area (Å²) in [4.78, 5) is 8.61. The van der Waals surface area contributed by atoms with Crippen molar-refractivity contribution < 1.29 is 17.9 Å². The van der Waals surface area contributed by atoms with E-state index in [1.807, 2.05) is 6.07 Å². The maximum absolute atomic E-state index is 12.1. The molecule has 2 aromatic rings. The van der Waals surface area contributed by atoms with Crippen LogP contribution in [0.5, 0.6) is 5.75 Å². The van der Waals surface area contributed by atoms with Gasteiger partial charge < -0.3 is 10.1 Å². The summed E-state index contributed by atoms with van der Waals surface area (Å²) in [6.45, 7) is 0.662. The van der Waals surface area contributed by atoms with Crippen molar-refractivity contribution in [2.45, 2.75) is 38.2 Å². The predicted octanol–water partition coefficient (Wildman–Crippen LogP) is 3.68. The molecule has 1 aromatic carbocycles. The van der Waals surface area contributed by atoms with Crippen LogP contribution in [0.3, 0.4) is 0 Å². The van der Waals surface area contributed by atoms with Gasteiger partial charge in [-0.25, -0.2) is 9.97 Å². The summed E-state index contributed by atoms with van der Waals surface area (Å²) in [5.74, 6) is 0.223. The zero-order valence-corrected chi connectivity index (χ0v) is 12.3. The molecule has 0 saturated heterocycles. The normalized spacial score (nSPS) is 15.3. The van der Waals surface area contributed by atoms with Crippen molar-refractivity contribution in [3.63, 3.8) is 0 Å². The van der Waals surface area contributed by atoms with Gasteiger partial charge in [-0.1, -0.05) is 6.42 Å². The molecule has 1 aliphatic rings. The topological polar surface area (TPSA) is 47.0 Å². The Morgan fingerprint density at radius 1 is 1.13 bits per heavy atom. The predicted molar refractivity (Wildman–Crippen MR) is 78.6 cm³/mol. The molecule has 0 aliphatic heterocycles. The van der Waals surface area contributed by atoms with Gasteiger partial charge in [0.1, 0.15) is 5.75 Å². The van der Waals surface area contributed by atoms with Crippen molar-refractivity contribution in [1.29, 1.82) is 0 Å². The van der Waals surface area contributed by atoms with E-state index in [0.717, 1.165) is 5.69 Å². The highest BCUT2D eigenvalue weighted by Gasteiger charge is 2.31. The maximum atomic E-state index is 12.1. The molecule has 1 aliphatic carbocycles. The van der Waals surface area contributed by atoms with E-state index in [0.29, 0.717) is 24.0 Å². The van der Waals surface area contributed by atoms with Gasteiger partial charge in [-0.2, -0.15) is 0 Å². The summed E-state index contributed by atoms with van der Waals surface area (Å²) in [7, 11) is 0. The third kappa shape index (κ3) is 4.41.